The highest BCUT2D eigenvalue weighted by Gasteiger charge is 2.33. The average Bonchev–Trinajstić information content (AvgIpc) is 1.96. The molecule has 4 heteroatoms. The van der Waals surface area contributed by atoms with E-state index in [0.717, 1.165) is 5.57 Å². The number of aliphatic imine (C=N–C) groups is 1. The Labute approximate surface area is 75.7 Å². The molecule has 0 rings (SSSR count). The molecular formula is C9H12F3N. The second kappa shape index (κ2) is 4.25. The summed E-state index contributed by atoms with van der Waals surface area (Å²) < 4.78 is 36.4. The summed E-state index contributed by atoms with van der Waals surface area (Å²) in [5.74, 6) is 0. The van der Waals surface area contributed by atoms with Gasteiger partial charge in [0.1, 0.15) is 5.71 Å². The maximum absolute atomic E-state index is 12.1. The van der Waals surface area contributed by atoms with Crippen LogP contribution < -0.4 is 0 Å². The number of allylic oxidation sites excluding steroid dienone is 3. The lowest BCUT2D eigenvalue weighted by molar-refractivity contribution is -0.0577. The standard InChI is InChI=1S/C9H12F3N/c1-5-8(9(10,11)12)13-7(4)6(2)3/h5H,1H2,2-4H3. The van der Waals surface area contributed by atoms with Gasteiger partial charge in [0.25, 0.3) is 0 Å². The monoisotopic (exact) mass is 191 g/mol. The van der Waals surface area contributed by atoms with Crippen molar-refractivity contribution in [2.75, 3.05) is 0 Å². The normalized spacial score (nSPS) is 12.6. The molecule has 0 bridgehead atoms. The molecule has 0 saturated carbocycles. The molecule has 13 heavy (non-hydrogen) atoms. The Morgan fingerprint density at radius 2 is 1.69 bits per heavy atom. The van der Waals surface area contributed by atoms with Gasteiger partial charge in [-0.3, -0.25) is 0 Å². The van der Waals surface area contributed by atoms with Crippen molar-refractivity contribution < 1.29 is 13.2 Å². The lowest BCUT2D eigenvalue weighted by atomic mass is 10.2. The fourth-order valence-electron chi connectivity index (χ4n) is 0.517. The van der Waals surface area contributed by atoms with Crippen molar-refractivity contribution in [3.63, 3.8) is 0 Å². The molecule has 0 N–H and O–H groups in total. The molecule has 0 aromatic heterocycles. The van der Waals surface area contributed by atoms with Crippen LogP contribution in [0.2, 0.25) is 0 Å². The number of alkyl halides is 3. The van der Waals surface area contributed by atoms with Gasteiger partial charge in [0.05, 0.1) is 0 Å². The van der Waals surface area contributed by atoms with Crippen LogP contribution >= 0.6 is 0 Å². The summed E-state index contributed by atoms with van der Waals surface area (Å²) in [5.41, 5.74) is 0.169. The quantitative estimate of drug-likeness (QED) is 0.592. The summed E-state index contributed by atoms with van der Waals surface area (Å²) in [6.45, 7) is 8.01. The van der Waals surface area contributed by atoms with Crippen LogP contribution in [0.3, 0.4) is 0 Å². The first kappa shape index (κ1) is 11.9. The maximum Gasteiger partial charge on any atom is 0.433 e. The van der Waals surface area contributed by atoms with Gasteiger partial charge in [0, 0.05) is 5.70 Å². The summed E-state index contributed by atoms with van der Waals surface area (Å²) in [5, 5.41) is 0. The number of hydrogen-bond acceptors (Lipinski definition) is 1. The second-order valence-electron chi connectivity index (χ2n) is 2.78. The third-order valence-electron chi connectivity index (χ3n) is 1.50. The minimum absolute atomic E-state index is 0.368. The Kier molecular flexibility index (Phi) is 3.91. The highest BCUT2D eigenvalue weighted by atomic mass is 19.4. The highest BCUT2D eigenvalue weighted by molar-refractivity contribution is 5.99. The fraction of sp³-hybridized carbons (Fsp3) is 0.444. The molecule has 0 fully saturated rings. The predicted molar refractivity (Wildman–Crippen MR) is 47.7 cm³/mol. The molecule has 0 unspecified atom stereocenters. The molecule has 0 aliphatic carbocycles. The van der Waals surface area contributed by atoms with Gasteiger partial charge < -0.3 is 0 Å². The molecular weight excluding hydrogens is 179 g/mol. The van der Waals surface area contributed by atoms with Crippen molar-refractivity contribution in [1.29, 1.82) is 0 Å². The van der Waals surface area contributed by atoms with Gasteiger partial charge in [0.15, 0.2) is 0 Å². The molecule has 0 aliphatic heterocycles. The maximum atomic E-state index is 12.1. The third kappa shape index (κ3) is 3.92. The summed E-state index contributed by atoms with van der Waals surface area (Å²) >= 11 is 0. The van der Waals surface area contributed by atoms with Crippen LogP contribution in [0.1, 0.15) is 20.8 Å². The van der Waals surface area contributed by atoms with E-state index >= 15 is 0 Å². The molecule has 0 aromatic carbocycles. The molecule has 0 spiro atoms. The third-order valence-corrected chi connectivity index (χ3v) is 1.50. The van der Waals surface area contributed by atoms with Crippen LogP contribution in [0.4, 0.5) is 13.2 Å². The summed E-state index contributed by atoms with van der Waals surface area (Å²) in [6.07, 6.45) is -3.70. The number of rotatable bonds is 2. The SMILES string of the molecule is C=CC(=NC(C)=C(C)C)C(F)(F)F. The topological polar surface area (TPSA) is 12.4 Å². The van der Waals surface area contributed by atoms with E-state index in [2.05, 4.69) is 11.6 Å². The molecule has 0 atom stereocenters. The lowest BCUT2D eigenvalue weighted by Gasteiger charge is -2.06. The van der Waals surface area contributed by atoms with Gasteiger partial charge in [-0.05, 0) is 26.8 Å². The Hall–Kier alpha value is -1.06. The fourth-order valence-corrected chi connectivity index (χ4v) is 0.517. The van der Waals surface area contributed by atoms with Crippen LogP contribution in [-0.4, -0.2) is 11.9 Å². The molecule has 0 radical (unpaired) electrons. The Bertz CT molecular complexity index is 255. The Balaban J connectivity index is 5.01. The molecule has 0 aliphatic rings. The van der Waals surface area contributed by atoms with E-state index in [9.17, 15) is 13.2 Å². The van der Waals surface area contributed by atoms with Crippen LogP contribution in [0.5, 0.6) is 0 Å². The van der Waals surface area contributed by atoms with E-state index in [4.69, 9.17) is 0 Å². The van der Waals surface area contributed by atoms with E-state index in [0.29, 0.717) is 11.8 Å². The Morgan fingerprint density at radius 3 is 1.92 bits per heavy atom. The molecule has 0 amide bonds. The summed E-state index contributed by atoms with van der Waals surface area (Å²) in [6, 6.07) is 0. The van der Waals surface area contributed by atoms with Crippen LogP contribution in [0.15, 0.2) is 28.9 Å². The van der Waals surface area contributed by atoms with Crippen molar-refractivity contribution in [2.45, 2.75) is 26.9 Å². The zero-order valence-corrected chi connectivity index (χ0v) is 7.87. The van der Waals surface area contributed by atoms with Crippen molar-refractivity contribution in [3.05, 3.63) is 23.9 Å². The lowest BCUT2D eigenvalue weighted by Crippen LogP contribution is -2.20. The minimum Gasteiger partial charge on any atom is -0.249 e. The van der Waals surface area contributed by atoms with Gasteiger partial charge in [-0.25, -0.2) is 4.99 Å². The van der Waals surface area contributed by atoms with Crippen LogP contribution in [-0.2, 0) is 0 Å². The van der Waals surface area contributed by atoms with Gasteiger partial charge in [0.2, 0.25) is 0 Å². The predicted octanol–water partition coefficient (Wildman–Crippen LogP) is 3.49. The largest absolute Gasteiger partial charge is 0.433 e. The molecule has 0 heterocycles. The van der Waals surface area contributed by atoms with Crippen molar-refractivity contribution in [3.8, 4) is 0 Å². The van der Waals surface area contributed by atoms with E-state index in [1.807, 2.05) is 0 Å². The van der Waals surface area contributed by atoms with E-state index in [1.165, 1.54) is 6.92 Å². The molecule has 0 aromatic rings. The van der Waals surface area contributed by atoms with Gasteiger partial charge in [-0.2, -0.15) is 13.2 Å². The first-order chi connectivity index (χ1) is 5.79. The van der Waals surface area contributed by atoms with Gasteiger partial charge in [-0.1, -0.05) is 12.2 Å². The summed E-state index contributed by atoms with van der Waals surface area (Å²) in [7, 11) is 0. The van der Waals surface area contributed by atoms with Crippen LogP contribution in [0.25, 0.3) is 0 Å². The number of hydrogen-bond donors (Lipinski definition) is 0. The first-order valence-electron chi connectivity index (χ1n) is 3.71. The smallest absolute Gasteiger partial charge is 0.249 e. The van der Waals surface area contributed by atoms with Crippen molar-refractivity contribution in [1.82, 2.24) is 0 Å². The van der Waals surface area contributed by atoms with E-state index in [-0.39, 0.29) is 0 Å². The van der Waals surface area contributed by atoms with Crippen LogP contribution in [0, 0.1) is 0 Å². The minimum atomic E-state index is -4.42. The zero-order chi connectivity index (χ0) is 10.6. The Morgan fingerprint density at radius 1 is 1.23 bits per heavy atom. The van der Waals surface area contributed by atoms with E-state index in [1.54, 1.807) is 13.8 Å². The van der Waals surface area contributed by atoms with Crippen molar-refractivity contribution >= 4 is 5.71 Å². The number of halogens is 3. The highest BCUT2D eigenvalue weighted by Crippen LogP contribution is 2.19. The summed E-state index contributed by atoms with van der Waals surface area (Å²) in [4.78, 5) is 3.42. The molecule has 0 saturated heterocycles. The van der Waals surface area contributed by atoms with Gasteiger partial charge in [-0.15, -0.1) is 0 Å². The molecule has 74 valence electrons. The van der Waals surface area contributed by atoms with E-state index < -0.39 is 11.9 Å². The zero-order valence-electron chi connectivity index (χ0n) is 7.87. The second-order valence-corrected chi connectivity index (χ2v) is 2.78. The first-order valence-corrected chi connectivity index (χ1v) is 3.71. The van der Waals surface area contributed by atoms with Crippen molar-refractivity contribution in [2.24, 2.45) is 4.99 Å². The average molecular weight is 191 g/mol. The number of nitrogens with zero attached hydrogens (tertiary/aromatic N) is 1. The molecule has 1 nitrogen and oxygen atoms in total. The van der Waals surface area contributed by atoms with Gasteiger partial charge >= 0.3 is 6.18 Å².